The molecule has 0 unspecified atom stereocenters. The third kappa shape index (κ3) is 1.24. The van der Waals surface area contributed by atoms with E-state index in [-0.39, 0.29) is 10.8 Å². The highest BCUT2D eigenvalue weighted by atomic mass is 16.1. The molecule has 0 aromatic carbocycles. The number of hydrogen-bond acceptors (Lipinski definition) is 1. The fraction of sp³-hybridized carbons (Fsp3) is 0.929. The molecular weight excluding hydrogens is 184 g/mol. The molecule has 3 rings (SSSR count). The Morgan fingerprint density at radius 1 is 0.933 bits per heavy atom. The lowest BCUT2D eigenvalue weighted by Crippen LogP contribution is -2.71. The van der Waals surface area contributed by atoms with Gasteiger partial charge in [-0.05, 0) is 30.1 Å². The van der Waals surface area contributed by atoms with Crippen LogP contribution in [0.4, 0.5) is 0 Å². The van der Waals surface area contributed by atoms with Crippen molar-refractivity contribution in [3.05, 3.63) is 0 Å². The highest BCUT2D eigenvalue weighted by Crippen LogP contribution is 2.80. The van der Waals surface area contributed by atoms with E-state index in [1.54, 1.807) is 0 Å². The highest BCUT2D eigenvalue weighted by molar-refractivity contribution is 5.92. The number of hydrogen-bond donors (Lipinski definition) is 0. The summed E-state index contributed by atoms with van der Waals surface area (Å²) in [5.41, 5.74) is 0.816. The van der Waals surface area contributed by atoms with Gasteiger partial charge >= 0.3 is 0 Å². The average Bonchev–Trinajstić information content (AvgIpc) is 1.73. The first kappa shape index (κ1) is 11.2. The summed E-state index contributed by atoms with van der Waals surface area (Å²) >= 11 is 0. The van der Waals surface area contributed by atoms with Crippen LogP contribution >= 0.6 is 0 Å². The zero-order chi connectivity index (χ0) is 11.7. The molecule has 0 aromatic rings. The van der Waals surface area contributed by atoms with Crippen molar-refractivity contribution in [2.45, 2.75) is 60.8 Å². The lowest BCUT2D eigenvalue weighted by atomic mass is 9.27. The molecule has 0 spiro atoms. The maximum Gasteiger partial charge on any atom is 0.144 e. The Morgan fingerprint density at radius 2 is 1.33 bits per heavy atom. The minimum atomic E-state index is -0.148. The summed E-state index contributed by atoms with van der Waals surface area (Å²) in [6.45, 7) is 13.1. The normalized spacial score (nSPS) is 39.3. The predicted molar refractivity (Wildman–Crippen MR) is 62.6 cm³/mol. The lowest BCUT2D eigenvalue weighted by molar-refractivity contribution is -0.251. The van der Waals surface area contributed by atoms with Crippen molar-refractivity contribution in [1.29, 1.82) is 0 Å². The van der Waals surface area contributed by atoms with Gasteiger partial charge in [-0.3, -0.25) is 4.79 Å². The Bertz CT molecular complexity index is 291. The lowest BCUT2D eigenvalue weighted by Gasteiger charge is -2.75. The Hall–Kier alpha value is -0.330. The van der Waals surface area contributed by atoms with Crippen LogP contribution in [0.1, 0.15) is 60.8 Å². The van der Waals surface area contributed by atoms with Crippen molar-refractivity contribution in [2.75, 3.05) is 0 Å². The van der Waals surface area contributed by atoms with Crippen molar-refractivity contribution in [3.63, 3.8) is 0 Å². The Balaban J connectivity index is 2.08. The number of carbonyl (C=O) groups is 1. The molecule has 3 aliphatic carbocycles. The van der Waals surface area contributed by atoms with Crippen LogP contribution in [-0.2, 0) is 4.79 Å². The van der Waals surface area contributed by atoms with Crippen LogP contribution < -0.4 is 0 Å². The van der Waals surface area contributed by atoms with Crippen LogP contribution in [0.3, 0.4) is 0 Å². The van der Waals surface area contributed by atoms with Gasteiger partial charge in [-0.25, -0.2) is 0 Å². The molecule has 0 radical (unpaired) electrons. The molecule has 86 valence electrons. The zero-order valence-corrected chi connectivity index (χ0v) is 11.0. The van der Waals surface area contributed by atoms with Crippen LogP contribution in [0.25, 0.3) is 0 Å². The molecule has 0 heterocycles. The monoisotopic (exact) mass is 208 g/mol. The van der Waals surface area contributed by atoms with Gasteiger partial charge in [0.2, 0.25) is 0 Å². The van der Waals surface area contributed by atoms with E-state index in [2.05, 4.69) is 41.5 Å². The fourth-order valence-corrected chi connectivity index (χ4v) is 3.62. The van der Waals surface area contributed by atoms with E-state index in [9.17, 15) is 4.79 Å². The van der Waals surface area contributed by atoms with Crippen LogP contribution in [0.2, 0.25) is 0 Å². The average molecular weight is 208 g/mol. The molecule has 15 heavy (non-hydrogen) atoms. The van der Waals surface area contributed by atoms with Crippen molar-refractivity contribution in [1.82, 2.24) is 0 Å². The van der Waals surface area contributed by atoms with E-state index in [1.165, 1.54) is 0 Å². The largest absolute Gasteiger partial charge is 0.298 e. The second-order valence-electron chi connectivity index (χ2n) is 7.92. The number of rotatable bonds is 1. The SMILES string of the molecule is CC(C)(C)C(=O)C12CC(C(C)(C)C)(C1)C2. The van der Waals surface area contributed by atoms with Gasteiger partial charge in [0.05, 0.1) is 0 Å². The van der Waals surface area contributed by atoms with E-state index >= 15 is 0 Å². The summed E-state index contributed by atoms with van der Waals surface area (Å²) in [7, 11) is 0. The van der Waals surface area contributed by atoms with E-state index in [4.69, 9.17) is 0 Å². The summed E-state index contributed by atoms with van der Waals surface area (Å²) < 4.78 is 0. The standard InChI is InChI=1S/C14H24O/c1-11(2,3)10(15)13-7-14(8-13,9-13)12(4,5)6/h7-9H2,1-6H3. The minimum Gasteiger partial charge on any atom is -0.298 e. The van der Waals surface area contributed by atoms with Crippen molar-refractivity contribution in [3.8, 4) is 0 Å². The smallest absolute Gasteiger partial charge is 0.144 e. The summed E-state index contributed by atoms with van der Waals surface area (Å²) in [5, 5.41) is 0. The molecule has 0 aromatic heterocycles. The third-order valence-electron chi connectivity index (χ3n) is 4.78. The zero-order valence-electron chi connectivity index (χ0n) is 11.0. The van der Waals surface area contributed by atoms with E-state index in [0.29, 0.717) is 16.6 Å². The molecule has 3 saturated carbocycles. The Labute approximate surface area is 93.6 Å². The maximum atomic E-state index is 12.3. The first-order valence-corrected chi connectivity index (χ1v) is 6.08. The molecule has 0 saturated heterocycles. The topological polar surface area (TPSA) is 17.1 Å². The van der Waals surface area contributed by atoms with Gasteiger partial charge in [0.1, 0.15) is 5.78 Å². The second kappa shape index (κ2) is 2.49. The number of Topliss-reactive ketones (excluding diaryl/α,β-unsaturated/α-hetero) is 1. The maximum absolute atomic E-state index is 12.3. The molecule has 0 atom stereocenters. The summed E-state index contributed by atoms with van der Waals surface area (Å²) in [5.74, 6) is 0.501. The molecule has 0 N–H and O–H groups in total. The Morgan fingerprint density at radius 3 is 1.60 bits per heavy atom. The summed E-state index contributed by atoms with van der Waals surface area (Å²) in [4.78, 5) is 12.3. The van der Waals surface area contributed by atoms with Gasteiger partial charge in [0.25, 0.3) is 0 Å². The summed E-state index contributed by atoms with van der Waals surface area (Å²) in [6, 6.07) is 0. The predicted octanol–water partition coefficient (Wildman–Crippen LogP) is 3.82. The van der Waals surface area contributed by atoms with E-state index in [1.807, 2.05) is 0 Å². The molecule has 3 aliphatic rings. The second-order valence-corrected chi connectivity index (χ2v) is 7.92. The third-order valence-corrected chi connectivity index (χ3v) is 4.78. The molecule has 0 aliphatic heterocycles. The summed E-state index contributed by atoms with van der Waals surface area (Å²) in [6.07, 6.45) is 3.46. The van der Waals surface area contributed by atoms with Gasteiger partial charge in [-0.15, -0.1) is 0 Å². The van der Waals surface area contributed by atoms with Crippen LogP contribution in [0, 0.1) is 21.7 Å². The van der Waals surface area contributed by atoms with Gasteiger partial charge in [-0.2, -0.15) is 0 Å². The Kier molecular flexibility index (Phi) is 1.86. The van der Waals surface area contributed by atoms with Crippen molar-refractivity contribution >= 4 is 5.78 Å². The first-order chi connectivity index (χ1) is 6.53. The molecule has 2 bridgehead atoms. The van der Waals surface area contributed by atoms with Crippen LogP contribution in [0.15, 0.2) is 0 Å². The fourth-order valence-electron chi connectivity index (χ4n) is 3.62. The molecule has 0 amide bonds. The quantitative estimate of drug-likeness (QED) is 0.640. The van der Waals surface area contributed by atoms with Gasteiger partial charge in [0, 0.05) is 10.8 Å². The van der Waals surface area contributed by atoms with E-state index < -0.39 is 0 Å². The molecular formula is C14H24O. The minimum absolute atomic E-state index is 0.0888. The first-order valence-electron chi connectivity index (χ1n) is 6.08. The van der Waals surface area contributed by atoms with Gasteiger partial charge < -0.3 is 0 Å². The van der Waals surface area contributed by atoms with Crippen molar-refractivity contribution in [2.24, 2.45) is 21.7 Å². The van der Waals surface area contributed by atoms with Crippen LogP contribution in [0.5, 0.6) is 0 Å². The molecule has 1 heteroatoms. The van der Waals surface area contributed by atoms with Crippen LogP contribution in [-0.4, -0.2) is 5.78 Å². The van der Waals surface area contributed by atoms with Crippen molar-refractivity contribution < 1.29 is 4.79 Å². The highest BCUT2D eigenvalue weighted by Gasteiger charge is 2.74. The van der Waals surface area contributed by atoms with Gasteiger partial charge in [0.15, 0.2) is 0 Å². The molecule has 1 nitrogen and oxygen atoms in total. The molecule has 3 fully saturated rings. The van der Waals surface area contributed by atoms with Gasteiger partial charge in [-0.1, -0.05) is 41.5 Å². The van der Waals surface area contributed by atoms with E-state index in [0.717, 1.165) is 19.3 Å². The number of carbonyl (C=O) groups excluding carboxylic acids is 1. The number of ketones is 1.